The van der Waals surface area contributed by atoms with Crippen molar-refractivity contribution in [1.82, 2.24) is 19.4 Å². The first-order valence-corrected chi connectivity index (χ1v) is 27.6. The highest BCUT2D eigenvalue weighted by atomic mass is 16.7. The van der Waals surface area contributed by atoms with Gasteiger partial charge in [0, 0.05) is 53.0 Å². The molecule has 82 heavy (non-hydrogen) atoms. The van der Waals surface area contributed by atoms with Crippen LogP contribution >= 0.6 is 0 Å². The molecule has 3 fully saturated rings. The maximum absolute atomic E-state index is 14.3. The van der Waals surface area contributed by atoms with Crippen molar-refractivity contribution in [3.8, 4) is 51.6 Å². The van der Waals surface area contributed by atoms with Crippen molar-refractivity contribution in [2.45, 2.75) is 82.3 Å². The molecule has 6 aliphatic heterocycles. The van der Waals surface area contributed by atoms with Crippen LogP contribution in [0.3, 0.4) is 0 Å². The van der Waals surface area contributed by atoms with Crippen molar-refractivity contribution in [1.29, 1.82) is 0 Å². The van der Waals surface area contributed by atoms with Gasteiger partial charge >= 0.3 is 30.0 Å². The number of aromatic hydroxyl groups is 1. The lowest BCUT2D eigenvalue weighted by Gasteiger charge is -2.39. The molecule has 1 aliphatic carbocycles. The smallest absolute Gasteiger partial charge is 0.415 e. The molecule has 2 aromatic heterocycles. The summed E-state index contributed by atoms with van der Waals surface area (Å²) < 4.78 is 59.1. The standard InChI is InChI=1S/C61H58N4O17/c1-4-61(43-26-45-53-35(27-65(45)56(68)41(43)28-77-59(61)71)20-33-21-38(12-13-44(33)62-53)80-60(72)64-18-14-36(15-19-64)63-16-6-5-7-17-63)82-50(67)30-75-37-10-8-32(9-11-37)57(69)81-54-40-25-48-47(78-31-79-48)24-39(40)51(52-42(54)29-76-58(52)70)34-22-46(66)55(74-3)49(23-34)73-2/h8-13,20-26,36,42,51-52,54,66H,4-7,14-19,27-31H2,1-3H3/t42-,51+,52+,54?,61?/m1/s1. The molecule has 21 nitrogen and oxygen atoms in total. The van der Waals surface area contributed by atoms with Gasteiger partial charge in [-0.2, -0.15) is 0 Å². The molecule has 4 aromatic carbocycles. The molecule has 5 atom stereocenters. The first-order chi connectivity index (χ1) is 39.8. The van der Waals surface area contributed by atoms with Crippen molar-refractivity contribution >= 4 is 40.9 Å². The van der Waals surface area contributed by atoms with Crippen LogP contribution in [0.2, 0.25) is 0 Å². The van der Waals surface area contributed by atoms with Gasteiger partial charge in [0.2, 0.25) is 18.1 Å². The lowest BCUT2D eigenvalue weighted by molar-refractivity contribution is -0.190. The number of pyridine rings is 2. The van der Waals surface area contributed by atoms with E-state index in [4.69, 9.17) is 52.4 Å². The summed E-state index contributed by atoms with van der Waals surface area (Å²) in [5.41, 5.74) is 2.03. The van der Waals surface area contributed by atoms with Crippen molar-refractivity contribution in [2.24, 2.45) is 11.8 Å². The topological polar surface area (TPSA) is 239 Å². The van der Waals surface area contributed by atoms with Gasteiger partial charge in [0.25, 0.3) is 5.56 Å². The largest absolute Gasteiger partial charge is 0.504 e. The number of hydrogen-bond donors (Lipinski definition) is 1. The lowest BCUT2D eigenvalue weighted by Crippen LogP contribution is -2.48. The van der Waals surface area contributed by atoms with E-state index in [0.717, 1.165) is 31.5 Å². The van der Waals surface area contributed by atoms with E-state index in [1.54, 1.807) is 58.9 Å². The SMILES string of the molecule is CCC1(OC(=O)COc2ccc(C(=O)OC3c4cc5c(cc4[C@H](c4cc(O)c(OC)c(OC)c4)[C@H]4C(=O)OC[C@@H]34)OCO5)cc2)C(=O)OCc2c1cc1n(c2=O)Cc2cc3cc(OC(=O)N4CCC(N5CCCCC5)CC4)ccc3nc2-1. The van der Waals surface area contributed by atoms with Crippen LogP contribution in [0.25, 0.3) is 22.3 Å². The fraction of sp³-hybridized carbons (Fsp3) is 0.393. The maximum Gasteiger partial charge on any atom is 0.415 e. The second kappa shape index (κ2) is 20.9. The van der Waals surface area contributed by atoms with Gasteiger partial charge in [-0.25, -0.2) is 24.2 Å². The maximum atomic E-state index is 14.3. The van der Waals surface area contributed by atoms with Gasteiger partial charge in [-0.1, -0.05) is 13.3 Å². The molecule has 21 heteroatoms. The number of cyclic esters (lactones) is 2. The Kier molecular flexibility index (Phi) is 13.4. The molecule has 0 radical (unpaired) electrons. The summed E-state index contributed by atoms with van der Waals surface area (Å²) in [7, 11) is 2.84. The quantitative estimate of drug-likeness (QED) is 0.0923. The molecule has 7 aliphatic rings. The number of piperidine rings is 2. The second-order valence-electron chi connectivity index (χ2n) is 21.6. The number of hydrogen-bond acceptors (Lipinski definition) is 19. The van der Waals surface area contributed by atoms with Gasteiger partial charge in [0.05, 0.1) is 61.3 Å². The van der Waals surface area contributed by atoms with Gasteiger partial charge in [-0.05, 0) is 135 Å². The fourth-order valence-corrected chi connectivity index (χ4v) is 13.1. The third-order valence-electron chi connectivity index (χ3n) is 17.2. The predicted octanol–water partition coefficient (Wildman–Crippen LogP) is 7.44. The third kappa shape index (κ3) is 9.01. The summed E-state index contributed by atoms with van der Waals surface area (Å²) in [6.07, 6.45) is 4.13. The summed E-state index contributed by atoms with van der Waals surface area (Å²) in [5.74, 6) is -3.60. The third-order valence-corrected chi connectivity index (χ3v) is 17.2. The molecule has 1 amide bonds. The zero-order valence-corrected chi connectivity index (χ0v) is 45.3. The Hall–Kier alpha value is -8.85. The van der Waals surface area contributed by atoms with Crippen LogP contribution in [0.1, 0.15) is 101 Å². The Morgan fingerprint density at radius 2 is 1.57 bits per heavy atom. The number of carbonyl (C=O) groups is 5. The monoisotopic (exact) mass is 1120 g/mol. The van der Waals surface area contributed by atoms with E-state index >= 15 is 0 Å². The number of amides is 1. The molecule has 3 saturated heterocycles. The van der Waals surface area contributed by atoms with Gasteiger partial charge in [0.15, 0.2) is 29.6 Å². The zero-order chi connectivity index (χ0) is 56.6. The number of nitrogens with zero attached hydrogens (tertiary/aromatic N) is 4. The number of phenols is 1. The van der Waals surface area contributed by atoms with Crippen LogP contribution in [0.15, 0.2) is 83.7 Å². The number of ether oxygens (including phenoxy) is 10. The number of rotatable bonds is 12. The molecule has 8 heterocycles. The number of methoxy groups -OCH3 is 2. The van der Waals surface area contributed by atoms with Crippen LogP contribution in [0, 0.1) is 11.8 Å². The normalized spacial score (nSPS) is 22.4. The van der Waals surface area contributed by atoms with Gasteiger partial charge < -0.3 is 66.8 Å². The molecule has 0 spiro atoms. The number of esters is 4. The molecule has 0 bridgehead atoms. The average molecular weight is 1120 g/mol. The molecule has 1 N–H and O–H groups in total. The number of aromatic nitrogens is 2. The molecule has 0 saturated carbocycles. The molecule has 424 valence electrons. The van der Waals surface area contributed by atoms with Crippen LogP contribution in [0.4, 0.5) is 4.79 Å². The van der Waals surface area contributed by atoms with Crippen molar-refractivity contribution in [2.75, 3.05) is 60.4 Å². The van der Waals surface area contributed by atoms with Crippen LogP contribution in [0.5, 0.6) is 40.2 Å². The Morgan fingerprint density at radius 3 is 2.32 bits per heavy atom. The summed E-state index contributed by atoms with van der Waals surface area (Å²) >= 11 is 0. The first-order valence-electron chi connectivity index (χ1n) is 27.6. The number of benzene rings is 4. The Morgan fingerprint density at radius 1 is 0.817 bits per heavy atom. The van der Waals surface area contributed by atoms with E-state index < -0.39 is 71.6 Å². The molecular formula is C61H58N4O17. The summed E-state index contributed by atoms with van der Waals surface area (Å²) in [6.45, 7) is 4.27. The highest BCUT2D eigenvalue weighted by Gasteiger charge is 2.55. The molecule has 6 aromatic rings. The minimum absolute atomic E-state index is 0.0377. The van der Waals surface area contributed by atoms with Crippen LogP contribution < -0.4 is 34.0 Å². The number of likely N-dealkylation sites (tertiary alicyclic amines) is 2. The van der Waals surface area contributed by atoms with E-state index in [2.05, 4.69) is 4.90 Å². The Labute approximate surface area is 469 Å². The zero-order valence-electron chi connectivity index (χ0n) is 45.3. The minimum Gasteiger partial charge on any atom is -0.504 e. The van der Waals surface area contributed by atoms with Crippen molar-refractivity contribution in [3.63, 3.8) is 0 Å². The highest BCUT2D eigenvalue weighted by Crippen LogP contribution is 2.57. The number of fused-ring (bicyclic) bond motifs is 8. The summed E-state index contributed by atoms with van der Waals surface area (Å²) in [5, 5.41) is 11.7. The lowest BCUT2D eigenvalue weighted by atomic mass is 9.66. The molecule has 2 unspecified atom stereocenters. The van der Waals surface area contributed by atoms with E-state index in [-0.39, 0.29) is 72.7 Å². The average Bonchev–Trinajstić information content (AvgIpc) is 3.04. The van der Waals surface area contributed by atoms with Crippen molar-refractivity contribution in [3.05, 3.63) is 128 Å². The fourth-order valence-electron chi connectivity index (χ4n) is 13.1. The minimum atomic E-state index is -1.99. The van der Waals surface area contributed by atoms with E-state index in [1.165, 1.54) is 63.8 Å². The highest BCUT2D eigenvalue weighted by molar-refractivity contribution is 5.91. The van der Waals surface area contributed by atoms with Gasteiger partial charge in [-0.3, -0.25) is 9.59 Å². The van der Waals surface area contributed by atoms with Gasteiger partial charge in [0.1, 0.15) is 24.2 Å². The van der Waals surface area contributed by atoms with E-state index in [9.17, 15) is 33.9 Å². The molecule has 13 rings (SSSR count). The number of phenolic OH excluding ortho intramolecular Hbond substituents is 1. The van der Waals surface area contributed by atoms with E-state index in [0.29, 0.717) is 75.4 Å². The predicted molar refractivity (Wildman–Crippen MR) is 288 cm³/mol. The summed E-state index contributed by atoms with van der Waals surface area (Å²) in [4.78, 5) is 92.2. The summed E-state index contributed by atoms with van der Waals surface area (Å²) in [6, 6.07) is 21.8. The van der Waals surface area contributed by atoms with Gasteiger partial charge in [-0.15, -0.1) is 0 Å². The number of carbonyl (C=O) groups excluding carboxylic acids is 5. The Bertz CT molecular complexity index is 3680. The first kappa shape index (κ1) is 52.5. The molecular weight excluding hydrogens is 1060 g/mol. The van der Waals surface area contributed by atoms with Crippen LogP contribution in [-0.2, 0) is 52.1 Å². The van der Waals surface area contributed by atoms with E-state index in [1.807, 2.05) is 6.07 Å². The Balaban J connectivity index is 0.689. The van der Waals surface area contributed by atoms with Crippen molar-refractivity contribution < 1.29 is 76.4 Å². The van der Waals surface area contributed by atoms with Crippen LogP contribution in [-0.4, -0.2) is 121 Å². The second-order valence-corrected chi connectivity index (χ2v) is 21.6.